The minimum atomic E-state index is -4.10. The first-order chi connectivity index (χ1) is 6.90. The van der Waals surface area contributed by atoms with Crippen molar-refractivity contribution >= 4 is 0 Å². The third-order valence-corrected chi connectivity index (χ3v) is 2.33. The van der Waals surface area contributed by atoms with Crippen molar-refractivity contribution in [3.63, 3.8) is 0 Å². The number of alkyl halides is 3. The van der Waals surface area contributed by atoms with Gasteiger partial charge in [0, 0.05) is 12.6 Å². The van der Waals surface area contributed by atoms with E-state index in [9.17, 15) is 13.2 Å². The summed E-state index contributed by atoms with van der Waals surface area (Å²) in [4.78, 5) is 1.36. The van der Waals surface area contributed by atoms with Crippen molar-refractivity contribution < 1.29 is 13.2 Å². The van der Waals surface area contributed by atoms with Crippen LogP contribution >= 0.6 is 0 Å². The predicted octanol–water partition coefficient (Wildman–Crippen LogP) is 2.26. The van der Waals surface area contributed by atoms with E-state index in [1.165, 1.54) is 11.9 Å². The topological polar surface area (TPSA) is 15.3 Å². The molecule has 5 heteroatoms. The standard InChI is InChI=1S/C10H21F3N2/c1-4-6-14-7-9(5-2)15(3)8-10(11,12)13/h9,14H,4-8H2,1-3H3. The Hall–Kier alpha value is -0.290. The van der Waals surface area contributed by atoms with E-state index in [1.807, 2.05) is 13.8 Å². The molecule has 0 saturated heterocycles. The molecule has 92 valence electrons. The summed E-state index contributed by atoms with van der Waals surface area (Å²) in [6.45, 7) is 4.59. The Kier molecular flexibility index (Phi) is 6.92. The molecule has 0 aromatic rings. The van der Waals surface area contributed by atoms with Gasteiger partial charge < -0.3 is 5.32 Å². The highest BCUT2D eigenvalue weighted by molar-refractivity contribution is 4.72. The smallest absolute Gasteiger partial charge is 0.315 e. The van der Waals surface area contributed by atoms with Crippen LogP contribution in [0.5, 0.6) is 0 Å². The fourth-order valence-corrected chi connectivity index (χ4v) is 1.47. The second-order valence-corrected chi connectivity index (χ2v) is 3.80. The molecule has 15 heavy (non-hydrogen) atoms. The van der Waals surface area contributed by atoms with E-state index in [1.54, 1.807) is 0 Å². The molecule has 0 aliphatic carbocycles. The molecule has 0 saturated carbocycles. The molecule has 1 N–H and O–H groups in total. The van der Waals surface area contributed by atoms with Crippen molar-refractivity contribution in [3.05, 3.63) is 0 Å². The number of hydrogen-bond donors (Lipinski definition) is 1. The maximum Gasteiger partial charge on any atom is 0.401 e. The summed E-state index contributed by atoms with van der Waals surface area (Å²) in [5.41, 5.74) is 0. The lowest BCUT2D eigenvalue weighted by atomic mass is 10.2. The van der Waals surface area contributed by atoms with Crippen LogP contribution in [0, 0.1) is 0 Å². The lowest BCUT2D eigenvalue weighted by Gasteiger charge is -2.28. The summed E-state index contributed by atoms with van der Waals surface area (Å²) >= 11 is 0. The molecule has 0 radical (unpaired) electrons. The van der Waals surface area contributed by atoms with Crippen LogP contribution in [-0.2, 0) is 0 Å². The molecule has 0 aromatic heterocycles. The zero-order valence-corrected chi connectivity index (χ0v) is 9.69. The van der Waals surface area contributed by atoms with Gasteiger partial charge in [0.2, 0.25) is 0 Å². The monoisotopic (exact) mass is 226 g/mol. The van der Waals surface area contributed by atoms with Gasteiger partial charge in [0.15, 0.2) is 0 Å². The predicted molar refractivity (Wildman–Crippen MR) is 55.9 cm³/mol. The van der Waals surface area contributed by atoms with E-state index < -0.39 is 12.7 Å². The molecule has 0 aromatic carbocycles. The van der Waals surface area contributed by atoms with E-state index in [4.69, 9.17) is 0 Å². The van der Waals surface area contributed by atoms with Gasteiger partial charge in [0.1, 0.15) is 0 Å². The highest BCUT2D eigenvalue weighted by Gasteiger charge is 2.31. The zero-order valence-electron chi connectivity index (χ0n) is 9.69. The molecular formula is C10H21F3N2. The average Bonchev–Trinajstić information content (AvgIpc) is 2.09. The van der Waals surface area contributed by atoms with Gasteiger partial charge in [0.25, 0.3) is 0 Å². The van der Waals surface area contributed by atoms with Crippen molar-refractivity contribution in [2.24, 2.45) is 0 Å². The quantitative estimate of drug-likeness (QED) is 0.670. The van der Waals surface area contributed by atoms with Crippen LogP contribution in [0.1, 0.15) is 26.7 Å². The Morgan fingerprint density at radius 3 is 2.27 bits per heavy atom. The van der Waals surface area contributed by atoms with E-state index in [0.29, 0.717) is 6.54 Å². The lowest BCUT2D eigenvalue weighted by Crippen LogP contribution is -2.44. The average molecular weight is 226 g/mol. The second-order valence-electron chi connectivity index (χ2n) is 3.80. The van der Waals surface area contributed by atoms with Crippen LogP contribution in [0.15, 0.2) is 0 Å². The maximum atomic E-state index is 12.1. The van der Waals surface area contributed by atoms with Gasteiger partial charge in [-0.1, -0.05) is 13.8 Å². The first kappa shape index (κ1) is 14.7. The van der Waals surface area contributed by atoms with Crippen molar-refractivity contribution in [2.75, 3.05) is 26.7 Å². The van der Waals surface area contributed by atoms with E-state index in [-0.39, 0.29) is 6.04 Å². The number of rotatable bonds is 7. The van der Waals surface area contributed by atoms with Crippen LogP contribution < -0.4 is 5.32 Å². The molecule has 2 nitrogen and oxygen atoms in total. The molecule has 0 rings (SSSR count). The summed E-state index contributed by atoms with van der Waals surface area (Å²) in [5.74, 6) is 0. The highest BCUT2D eigenvalue weighted by Crippen LogP contribution is 2.17. The van der Waals surface area contributed by atoms with E-state index >= 15 is 0 Å². The molecule has 0 fully saturated rings. The first-order valence-electron chi connectivity index (χ1n) is 5.38. The van der Waals surface area contributed by atoms with Gasteiger partial charge in [-0.2, -0.15) is 13.2 Å². The zero-order chi connectivity index (χ0) is 11.9. The van der Waals surface area contributed by atoms with Crippen LogP contribution in [0.2, 0.25) is 0 Å². The van der Waals surface area contributed by atoms with Gasteiger partial charge in [-0.25, -0.2) is 0 Å². The van der Waals surface area contributed by atoms with Gasteiger partial charge in [-0.3, -0.25) is 4.90 Å². The fraction of sp³-hybridized carbons (Fsp3) is 1.00. The minimum absolute atomic E-state index is 0.0434. The summed E-state index contributed by atoms with van der Waals surface area (Å²) in [6, 6.07) is -0.0434. The van der Waals surface area contributed by atoms with Crippen LogP contribution in [0.3, 0.4) is 0 Å². The Labute approximate surface area is 89.8 Å². The van der Waals surface area contributed by atoms with Gasteiger partial charge in [-0.15, -0.1) is 0 Å². The third kappa shape index (κ3) is 7.62. The first-order valence-corrected chi connectivity index (χ1v) is 5.38. The number of likely N-dealkylation sites (N-methyl/N-ethyl adjacent to an activating group) is 1. The fourth-order valence-electron chi connectivity index (χ4n) is 1.47. The number of halogens is 3. The molecular weight excluding hydrogens is 205 g/mol. The Morgan fingerprint density at radius 2 is 1.87 bits per heavy atom. The molecule has 0 heterocycles. The SMILES string of the molecule is CCCNCC(CC)N(C)CC(F)(F)F. The number of nitrogens with zero attached hydrogens (tertiary/aromatic N) is 1. The van der Waals surface area contributed by atoms with Crippen LogP contribution in [0.4, 0.5) is 13.2 Å². The van der Waals surface area contributed by atoms with Crippen LogP contribution in [-0.4, -0.2) is 43.8 Å². The largest absolute Gasteiger partial charge is 0.401 e. The third-order valence-electron chi connectivity index (χ3n) is 2.33. The minimum Gasteiger partial charge on any atom is -0.315 e. The van der Waals surface area contributed by atoms with Gasteiger partial charge >= 0.3 is 6.18 Å². The number of hydrogen-bond acceptors (Lipinski definition) is 2. The van der Waals surface area contributed by atoms with Crippen molar-refractivity contribution in [1.82, 2.24) is 10.2 Å². The molecule has 0 aliphatic rings. The summed E-state index contributed by atoms with van der Waals surface area (Å²) < 4.78 is 36.4. The Morgan fingerprint density at radius 1 is 1.27 bits per heavy atom. The Bertz CT molecular complexity index is 159. The molecule has 0 spiro atoms. The molecule has 1 atom stereocenters. The normalized spacial score (nSPS) is 14.6. The summed E-state index contributed by atoms with van der Waals surface area (Å²) in [7, 11) is 1.52. The maximum absolute atomic E-state index is 12.1. The summed E-state index contributed by atoms with van der Waals surface area (Å²) in [5, 5.41) is 3.14. The number of nitrogens with one attached hydrogen (secondary N) is 1. The second kappa shape index (κ2) is 7.06. The van der Waals surface area contributed by atoms with Gasteiger partial charge in [0.05, 0.1) is 6.54 Å². The van der Waals surface area contributed by atoms with E-state index in [0.717, 1.165) is 19.4 Å². The molecule has 0 bridgehead atoms. The Balaban J connectivity index is 3.93. The van der Waals surface area contributed by atoms with Crippen LogP contribution in [0.25, 0.3) is 0 Å². The van der Waals surface area contributed by atoms with Crippen molar-refractivity contribution in [1.29, 1.82) is 0 Å². The van der Waals surface area contributed by atoms with Crippen molar-refractivity contribution in [2.45, 2.75) is 38.9 Å². The summed E-state index contributed by atoms with van der Waals surface area (Å²) in [6.07, 6.45) is -2.38. The van der Waals surface area contributed by atoms with Gasteiger partial charge in [-0.05, 0) is 26.4 Å². The molecule has 0 amide bonds. The van der Waals surface area contributed by atoms with Crippen molar-refractivity contribution in [3.8, 4) is 0 Å². The molecule has 0 aliphatic heterocycles. The highest BCUT2D eigenvalue weighted by atomic mass is 19.4. The molecule has 1 unspecified atom stereocenters. The lowest BCUT2D eigenvalue weighted by molar-refractivity contribution is -0.147. The van der Waals surface area contributed by atoms with E-state index in [2.05, 4.69) is 5.32 Å².